The molecule has 2 aromatic carbocycles. The van der Waals surface area contributed by atoms with Crippen LogP contribution in [-0.2, 0) is 4.79 Å². The van der Waals surface area contributed by atoms with E-state index in [9.17, 15) is 14.3 Å². The lowest BCUT2D eigenvalue weighted by atomic mass is 10.1. The van der Waals surface area contributed by atoms with Gasteiger partial charge in [-0.25, -0.2) is 14.4 Å². The van der Waals surface area contributed by atoms with Crippen molar-refractivity contribution in [3.05, 3.63) is 65.6 Å². The number of aromatic nitrogens is 2. The molecule has 0 saturated carbocycles. The molecular formula is C22H19FN4O2S. The highest BCUT2D eigenvalue weighted by atomic mass is 32.1. The Labute approximate surface area is 176 Å². The number of hydrogen-bond donors (Lipinski definition) is 3. The number of aromatic hydroxyl groups is 1. The summed E-state index contributed by atoms with van der Waals surface area (Å²) in [7, 11) is 0. The molecule has 152 valence electrons. The van der Waals surface area contributed by atoms with Gasteiger partial charge in [0.1, 0.15) is 28.5 Å². The van der Waals surface area contributed by atoms with Crippen molar-refractivity contribution in [3.63, 3.8) is 0 Å². The summed E-state index contributed by atoms with van der Waals surface area (Å²) in [6, 6.07) is 11.3. The standard InChI is InChI=1S/C22H19FN4O2S/c1-13-2-7-18(28)17(10-13)27-19(29)8-9-24-21-20-16(11-30-22(20)26-12-25-21)14-3-5-15(23)6-4-14/h2-7,10-12,28H,8-9H2,1H3,(H,27,29)(H,24,25,26). The van der Waals surface area contributed by atoms with Gasteiger partial charge in [-0.1, -0.05) is 18.2 Å². The first-order chi connectivity index (χ1) is 14.5. The van der Waals surface area contributed by atoms with Crippen LogP contribution in [0, 0.1) is 12.7 Å². The van der Waals surface area contributed by atoms with Gasteiger partial charge in [0.05, 0.1) is 11.1 Å². The molecule has 0 fully saturated rings. The maximum atomic E-state index is 13.3. The summed E-state index contributed by atoms with van der Waals surface area (Å²) >= 11 is 1.48. The highest BCUT2D eigenvalue weighted by Gasteiger charge is 2.14. The van der Waals surface area contributed by atoms with Crippen LogP contribution in [0.2, 0.25) is 0 Å². The van der Waals surface area contributed by atoms with E-state index in [1.807, 2.05) is 12.3 Å². The van der Waals surface area contributed by atoms with E-state index in [0.29, 0.717) is 18.1 Å². The number of amides is 1. The van der Waals surface area contributed by atoms with Gasteiger partial charge in [0.2, 0.25) is 5.91 Å². The number of nitrogens with one attached hydrogen (secondary N) is 2. The lowest BCUT2D eigenvalue weighted by Gasteiger charge is -2.10. The van der Waals surface area contributed by atoms with E-state index in [0.717, 1.165) is 26.9 Å². The molecule has 8 heteroatoms. The molecule has 0 aliphatic rings. The lowest BCUT2D eigenvalue weighted by Crippen LogP contribution is -2.16. The zero-order chi connectivity index (χ0) is 21.1. The predicted octanol–water partition coefficient (Wildman–Crippen LogP) is 4.95. The minimum atomic E-state index is -0.293. The average Bonchev–Trinajstić information content (AvgIpc) is 3.16. The van der Waals surface area contributed by atoms with Gasteiger partial charge >= 0.3 is 0 Å². The molecule has 6 nitrogen and oxygen atoms in total. The summed E-state index contributed by atoms with van der Waals surface area (Å²) in [5.74, 6) is 0.129. The molecule has 0 unspecified atom stereocenters. The maximum absolute atomic E-state index is 13.3. The van der Waals surface area contributed by atoms with E-state index in [4.69, 9.17) is 0 Å². The Morgan fingerprint density at radius 1 is 1.17 bits per heavy atom. The normalized spacial score (nSPS) is 10.9. The number of thiophene rings is 1. The van der Waals surface area contributed by atoms with Crippen molar-refractivity contribution in [2.45, 2.75) is 13.3 Å². The molecule has 4 aromatic rings. The van der Waals surface area contributed by atoms with Crippen LogP contribution in [0.3, 0.4) is 0 Å². The third-order valence-corrected chi connectivity index (χ3v) is 5.48. The lowest BCUT2D eigenvalue weighted by molar-refractivity contribution is -0.116. The number of aryl methyl sites for hydroxylation is 1. The number of halogens is 1. The Bertz CT molecular complexity index is 1210. The molecule has 3 N–H and O–H groups in total. The second kappa shape index (κ2) is 8.46. The number of rotatable bonds is 6. The first kappa shape index (κ1) is 19.8. The van der Waals surface area contributed by atoms with Crippen molar-refractivity contribution in [3.8, 4) is 16.9 Å². The number of phenols is 1. The van der Waals surface area contributed by atoms with Gasteiger partial charge in [0, 0.05) is 23.9 Å². The Kier molecular flexibility index (Phi) is 5.58. The number of carbonyl (C=O) groups is 1. The fraction of sp³-hybridized carbons (Fsp3) is 0.136. The van der Waals surface area contributed by atoms with Gasteiger partial charge in [0.15, 0.2) is 0 Å². The molecule has 0 atom stereocenters. The molecule has 2 aromatic heterocycles. The van der Waals surface area contributed by atoms with E-state index in [2.05, 4.69) is 20.6 Å². The van der Waals surface area contributed by atoms with Crippen molar-refractivity contribution < 1.29 is 14.3 Å². The Morgan fingerprint density at radius 3 is 2.77 bits per heavy atom. The molecule has 0 radical (unpaired) electrons. The SMILES string of the molecule is Cc1ccc(O)c(NC(=O)CCNc2ncnc3scc(-c4ccc(F)cc4)c23)c1. The topological polar surface area (TPSA) is 87.1 Å². The Balaban J connectivity index is 1.48. The van der Waals surface area contributed by atoms with Gasteiger partial charge in [0.25, 0.3) is 0 Å². The number of anilines is 2. The molecule has 0 saturated heterocycles. The second-order valence-electron chi connectivity index (χ2n) is 6.80. The number of carbonyl (C=O) groups excluding carboxylic acids is 1. The van der Waals surface area contributed by atoms with Crippen molar-refractivity contribution in [2.24, 2.45) is 0 Å². The minimum absolute atomic E-state index is 0.0293. The van der Waals surface area contributed by atoms with Crippen molar-refractivity contribution >= 4 is 39.0 Å². The smallest absolute Gasteiger partial charge is 0.226 e. The zero-order valence-corrected chi connectivity index (χ0v) is 17.0. The van der Waals surface area contributed by atoms with Crippen LogP contribution in [0.5, 0.6) is 5.75 Å². The monoisotopic (exact) mass is 422 g/mol. The first-order valence-electron chi connectivity index (χ1n) is 9.33. The van der Waals surface area contributed by atoms with Gasteiger partial charge in [-0.3, -0.25) is 4.79 Å². The minimum Gasteiger partial charge on any atom is -0.506 e. The van der Waals surface area contributed by atoms with Gasteiger partial charge < -0.3 is 15.7 Å². The van der Waals surface area contributed by atoms with E-state index < -0.39 is 0 Å². The van der Waals surface area contributed by atoms with Crippen molar-refractivity contribution in [1.82, 2.24) is 9.97 Å². The highest BCUT2D eigenvalue weighted by molar-refractivity contribution is 7.17. The summed E-state index contributed by atoms with van der Waals surface area (Å²) < 4.78 is 13.3. The fourth-order valence-electron chi connectivity index (χ4n) is 3.11. The number of phenolic OH excluding ortho intramolecular Hbond substituents is 1. The first-order valence-corrected chi connectivity index (χ1v) is 10.2. The molecule has 4 rings (SSSR count). The van der Waals surface area contributed by atoms with Crippen molar-refractivity contribution in [1.29, 1.82) is 0 Å². The predicted molar refractivity (Wildman–Crippen MR) is 117 cm³/mol. The summed E-state index contributed by atoms with van der Waals surface area (Å²) in [6.45, 7) is 2.24. The van der Waals surface area contributed by atoms with Gasteiger partial charge in [-0.2, -0.15) is 0 Å². The van der Waals surface area contributed by atoms with Crippen LogP contribution in [0.15, 0.2) is 54.2 Å². The third kappa shape index (κ3) is 4.23. The summed E-state index contributed by atoms with van der Waals surface area (Å²) in [5.41, 5.74) is 3.11. The fourth-order valence-corrected chi connectivity index (χ4v) is 4.02. The van der Waals surface area contributed by atoms with Crippen LogP contribution in [0.1, 0.15) is 12.0 Å². The average molecular weight is 422 g/mol. The zero-order valence-electron chi connectivity index (χ0n) is 16.1. The molecule has 0 spiro atoms. The van der Waals surface area contributed by atoms with Crippen LogP contribution in [-0.4, -0.2) is 27.5 Å². The van der Waals surface area contributed by atoms with Crippen LogP contribution in [0.4, 0.5) is 15.9 Å². The molecule has 0 aliphatic heterocycles. The summed E-state index contributed by atoms with van der Waals surface area (Å²) in [6.07, 6.45) is 1.66. The number of benzene rings is 2. The molecular weight excluding hydrogens is 403 g/mol. The highest BCUT2D eigenvalue weighted by Crippen LogP contribution is 2.36. The Morgan fingerprint density at radius 2 is 1.97 bits per heavy atom. The number of fused-ring (bicyclic) bond motifs is 1. The number of nitrogens with zero attached hydrogens (tertiary/aromatic N) is 2. The van der Waals surface area contributed by atoms with Gasteiger partial charge in [-0.05, 0) is 42.3 Å². The molecule has 1 amide bonds. The summed E-state index contributed by atoms with van der Waals surface area (Å²) in [4.78, 5) is 21.7. The van der Waals surface area contributed by atoms with Crippen LogP contribution >= 0.6 is 11.3 Å². The van der Waals surface area contributed by atoms with E-state index in [1.54, 1.807) is 30.3 Å². The van der Waals surface area contributed by atoms with Gasteiger partial charge in [-0.15, -0.1) is 11.3 Å². The van der Waals surface area contributed by atoms with E-state index in [-0.39, 0.29) is 23.9 Å². The molecule has 2 heterocycles. The van der Waals surface area contributed by atoms with Crippen LogP contribution in [0.25, 0.3) is 21.3 Å². The van der Waals surface area contributed by atoms with E-state index >= 15 is 0 Å². The molecule has 30 heavy (non-hydrogen) atoms. The maximum Gasteiger partial charge on any atom is 0.226 e. The van der Waals surface area contributed by atoms with E-state index in [1.165, 1.54) is 29.8 Å². The summed E-state index contributed by atoms with van der Waals surface area (Å²) in [5, 5.41) is 18.6. The second-order valence-corrected chi connectivity index (χ2v) is 7.66. The quantitative estimate of drug-likeness (QED) is 0.383. The Hall–Kier alpha value is -3.52. The largest absolute Gasteiger partial charge is 0.506 e. The van der Waals surface area contributed by atoms with Crippen LogP contribution < -0.4 is 10.6 Å². The molecule has 0 aliphatic carbocycles. The number of hydrogen-bond acceptors (Lipinski definition) is 6. The molecule has 0 bridgehead atoms. The van der Waals surface area contributed by atoms with Crippen molar-refractivity contribution in [2.75, 3.05) is 17.2 Å². The third-order valence-electron chi connectivity index (χ3n) is 4.60.